The van der Waals surface area contributed by atoms with Crippen LogP contribution < -0.4 is 10.5 Å². The van der Waals surface area contributed by atoms with Crippen LogP contribution in [0.2, 0.25) is 0 Å². The average Bonchev–Trinajstić information content (AvgIpc) is 3.07. The Morgan fingerprint density at radius 1 is 1.25 bits per heavy atom. The van der Waals surface area contributed by atoms with Crippen LogP contribution in [0.4, 0.5) is 0 Å². The maximum atomic E-state index is 11.9. The third-order valence-corrected chi connectivity index (χ3v) is 4.54. The van der Waals surface area contributed by atoms with Crippen molar-refractivity contribution >= 4 is 44.6 Å². The van der Waals surface area contributed by atoms with E-state index in [1.807, 2.05) is 17.5 Å². The van der Waals surface area contributed by atoms with Crippen LogP contribution >= 0.6 is 22.7 Å². The highest BCUT2D eigenvalue weighted by Crippen LogP contribution is 2.29. The number of nitrogen functional groups attached to an aromatic ring is 1. The molecule has 0 aliphatic carbocycles. The van der Waals surface area contributed by atoms with Crippen LogP contribution in [-0.2, 0) is 0 Å². The summed E-state index contributed by atoms with van der Waals surface area (Å²) >= 11 is 2.86. The summed E-state index contributed by atoms with van der Waals surface area (Å²) in [6.07, 6.45) is 0. The first kappa shape index (κ1) is 12.8. The van der Waals surface area contributed by atoms with E-state index in [0.717, 1.165) is 10.1 Å². The van der Waals surface area contributed by atoms with Crippen molar-refractivity contribution in [1.29, 1.82) is 5.41 Å². The molecule has 6 heteroatoms. The van der Waals surface area contributed by atoms with Crippen molar-refractivity contribution in [2.24, 2.45) is 5.73 Å². The van der Waals surface area contributed by atoms with E-state index in [4.69, 9.17) is 15.9 Å². The Morgan fingerprint density at radius 3 is 2.80 bits per heavy atom. The lowest BCUT2D eigenvalue weighted by atomic mass is 10.2. The van der Waals surface area contributed by atoms with Crippen molar-refractivity contribution in [3.05, 3.63) is 51.5 Å². The Labute approximate surface area is 122 Å². The second kappa shape index (κ2) is 5.07. The van der Waals surface area contributed by atoms with Crippen LogP contribution in [0.15, 0.2) is 41.1 Å². The van der Waals surface area contributed by atoms with Gasteiger partial charge in [-0.15, -0.1) is 11.3 Å². The fourth-order valence-corrected chi connectivity index (χ4v) is 3.33. The lowest BCUT2D eigenvalue weighted by Crippen LogP contribution is -2.08. The summed E-state index contributed by atoms with van der Waals surface area (Å²) < 4.78 is 6.26. The van der Waals surface area contributed by atoms with Gasteiger partial charge in [-0.25, -0.2) is 4.79 Å². The van der Waals surface area contributed by atoms with Crippen LogP contribution in [0.3, 0.4) is 0 Å². The first-order valence-corrected chi connectivity index (χ1v) is 7.52. The quantitative estimate of drug-likeness (QED) is 0.337. The Balaban J connectivity index is 1.89. The van der Waals surface area contributed by atoms with E-state index in [1.165, 1.54) is 22.7 Å². The maximum absolute atomic E-state index is 11.9. The van der Waals surface area contributed by atoms with Gasteiger partial charge in [0.1, 0.15) is 11.6 Å². The molecule has 0 aliphatic heterocycles. The molecule has 1 aromatic carbocycles. The van der Waals surface area contributed by atoms with Gasteiger partial charge in [0.25, 0.3) is 0 Å². The van der Waals surface area contributed by atoms with Gasteiger partial charge in [0.15, 0.2) is 0 Å². The molecule has 20 heavy (non-hydrogen) atoms. The predicted molar refractivity (Wildman–Crippen MR) is 82.1 cm³/mol. The number of amidine groups is 1. The second-order valence-corrected chi connectivity index (χ2v) is 5.99. The van der Waals surface area contributed by atoms with Gasteiger partial charge in [0.2, 0.25) is 0 Å². The number of hydrogen-bond acceptors (Lipinski definition) is 5. The number of hydrogen-bond donors (Lipinski definition) is 2. The fraction of sp³-hybridized carbons (Fsp3) is 0. The molecule has 0 spiro atoms. The zero-order valence-corrected chi connectivity index (χ0v) is 11.9. The van der Waals surface area contributed by atoms with Gasteiger partial charge in [-0.05, 0) is 41.1 Å². The number of thiophene rings is 2. The monoisotopic (exact) mass is 302 g/mol. The summed E-state index contributed by atoms with van der Waals surface area (Å²) in [4.78, 5) is 12.6. The van der Waals surface area contributed by atoms with Crippen molar-refractivity contribution in [3.63, 3.8) is 0 Å². The highest BCUT2D eigenvalue weighted by atomic mass is 32.1. The molecule has 0 aliphatic rings. The molecule has 0 saturated carbocycles. The summed E-state index contributed by atoms with van der Waals surface area (Å²) in [5.74, 6) is 0.169. The zero-order valence-electron chi connectivity index (χ0n) is 10.3. The van der Waals surface area contributed by atoms with E-state index >= 15 is 0 Å². The Kier molecular flexibility index (Phi) is 3.25. The lowest BCUT2D eigenvalue weighted by Gasteiger charge is -2.02. The number of rotatable bonds is 3. The Bertz CT molecular complexity index is 791. The average molecular weight is 302 g/mol. The van der Waals surface area contributed by atoms with Gasteiger partial charge in [0.05, 0.1) is 10.4 Å². The molecule has 100 valence electrons. The number of fused-ring (bicyclic) bond motifs is 1. The van der Waals surface area contributed by atoms with E-state index in [0.29, 0.717) is 16.2 Å². The van der Waals surface area contributed by atoms with Crippen molar-refractivity contribution in [2.45, 2.75) is 0 Å². The predicted octanol–water partition coefficient (Wildman–Crippen LogP) is 3.47. The van der Waals surface area contributed by atoms with Crippen molar-refractivity contribution in [3.8, 4) is 5.75 Å². The van der Waals surface area contributed by atoms with Crippen molar-refractivity contribution in [2.75, 3.05) is 0 Å². The third kappa shape index (κ3) is 2.43. The molecular weight excluding hydrogens is 292 g/mol. The largest absolute Gasteiger partial charge is 0.423 e. The van der Waals surface area contributed by atoms with Crippen molar-refractivity contribution < 1.29 is 9.53 Å². The lowest BCUT2D eigenvalue weighted by molar-refractivity contribution is 0.0735. The summed E-state index contributed by atoms with van der Waals surface area (Å²) in [6.45, 7) is 0. The van der Waals surface area contributed by atoms with E-state index in [2.05, 4.69) is 0 Å². The normalized spacial score (nSPS) is 10.6. The van der Waals surface area contributed by atoms with Crippen LogP contribution in [-0.4, -0.2) is 11.8 Å². The van der Waals surface area contributed by atoms with Gasteiger partial charge in [-0.2, -0.15) is 11.3 Å². The summed E-state index contributed by atoms with van der Waals surface area (Å²) in [5.41, 5.74) is 6.02. The van der Waals surface area contributed by atoms with Gasteiger partial charge in [-0.3, -0.25) is 5.41 Å². The van der Waals surface area contributed by atoms with Gasteiger partial charge in [0, 0.05) is 10.1 Å². The molecule has 3 N–H and O–H groups in total. The summed E-state index contributed by atoms with van der Waals surface area (Å²) in [7, 11) is 0. The summed E-state index contributed by atoms with van der Waals surface area (Å²) in [5, 5.41) is 12.0. The first-order valence-electron chi connectivity index (χ1n) is 5.76. The number of carbonyl (C=O) groups excluding carboxylic acids is 1. The molecule has 0 saturated heterocycles. The smallest absolute Gasteiger partial charge is 0.344 e. The molecular formula is C14H10N2O2S2. The number of carbonyl (C=O) groups is 1. The number of ether oxygens (including phenoxy) is 1. The van der Waals surface area contributed by atoms with E-state index < -0.39 is 0 Å². The number of benzene rings is 1. The zero-order chi connectivity index (χ0) is 14.1. The molecule has 0 bridgehead atoms. The molecule has 0 unspecified atom stereocenters. The topological polar surface area (TPSA) is 76.2 Å². The fourth-order valence-electron chi connectivity index (χ4n) is 1.75. The SMILES string of the molecule is N=C(N)c1cc2ccc(OC(=O)c3ccsc3)cc2s1. The first-order chi connectivity index (χ1) is 9.63. The standard InChI is InChI=1S/C14H10N2O2S2/c15-13(16)12-5-8-1-2-10(6-11(8)20-12)18-14(17)9-3-4-19-7-9/h1-7H,(H3,15,16). The Morgan fingerprint density at radius 2 is 2.10 bits per heavy atom. The van der Waals surface area contributed by atoms with Gasteiger partial charge in [-0.1, -0.05) is 0 Å². The van der Waals surface area contributed by atoms with E-state index in [9.17, 15) is 4.79 Å². The molecule has 3 aromatic rings. The number of nitrogens with one attached hydrogen (secondary N) is 1. The highest BCUT2D eigenvalue weighted by Gasteiger charge is 2.10. The second-order valence-electron chi connectivity index (χ2n) is 4.13. The minimum Gasteiger partial charge on any atom is -0.423 e. The van der Waals surface area contributed by atoms with E-state index in [1.54, 1.807) is 23.6 Å². The highest BCUT2D eigenvalue weighted by molar-refractivity contribution is 7.20. The molecule has 0 amide bonds. The molecule has 0 atom stereocenters. The molecule has 3 rings (SSSR count). The molecule has 4 nitrogen and oxygen atoms in total. The minimum atomic E-state index is -0.367. The van der Waals surface area contributed by atoms with Gasteiger partial charge >= 0.3 is 5.97 Å². The molecule has 0 fully saturated rings. The van der Waals surface area contributed by atoms with Crippen molar-refractivity contribution in [1.82, 2.24) is 0 Å². The van der Waals surface area contributed by atoms with Crippen LogP contribution in [0.5, 0.6) is 5.75 Å². The minimum absolute atomic E-state index is 0.0445. The molecule has 2 aromatic heterocycles. The number of esters is 1. The molecule has 0 radical (unpaired) electrons. The number of nitrogens with two attached hydrogens (primary N) is 1. The van der Waals surface area contributed by atoms with Crippen LogP contribution in [0.25, 0.3) is 10.1 Å². The third-order valence-electron chi connectivity index (χ3n) is 2.72. The van der Waals surface area contributed by atoms with Crippen LogP contribution in [0.1, 0.15) is 15.2 Å². The van der Waals surface area contributed by atoms with E-state index in [-0.39, 0.29) is 11.8 Å². The maximum Gasteiger partial charge on any atom is 0.344 e. The Hall–Kier alpha value is -2.18. The summed E-state index contributed by atoms with van der Waals surface area (Å²) in [6, 6.07) is 8.96. The van der Waals surface area contributed by atoms with Gasteiger partial charge < -0.3 is 10.5 Å². The molecule has 2 heterocycles. The van der Waals surface area contributed by atoms with Crippen LogP contribution in [0, 0.1) is 5.41 Å².